The number of phenols is 1. The third-order valence-corrected chi connectivity index (χ3v) is 5.97. The summed E-state index contributed by atoms with van der Waals surface area (Å²) in [4.78, 5) is 41.6. The van der Waals surface area contributed by atoms with Crippen molar-refractivity contribution in [3.63, 3.8) is 0 Å². The Hall–Kier alpha value is -3.55. The standard InChI is InChI=1S/C28H39N3O5/c1-8-18(3)23(30-27(35)36-28(5,6)7)26(34)31(9-2)24(20-15-11-13-17-22(20)32)25(33)29-21-16-12-10-14-19(21)4/h10-18,23-24,32H,8-9H2,1-7H3,(H,29,33)(H,30,35). The largest absolute Gasteiger partial charge is 0.508 e. The van der Waals surface area contributed by atoms with Crippen LogP contribution in [0.15, 0.2) is 48.5 Å². The summed E-state index contributed by atoms with van der Waals surface area (Å²) in [6, 6.07) is 11.7. The lowest BCUT2D eigenvalue weighted by atomic mass is 9.95. The Bertz CT molecular complexity index is 1060. The summed E-state index contributed by atoms with van der Waals surface area (Å²) in [7, 11) is 0. The van der Waals surface area contributed by atoms with Crippen LogP contribution in [0.1, 0.15) is 65.1 Å². The summed E-state index contributed by atoms with van der Waals surface area (Å²) in [6.07, 6.45) is -0.0962. The fraction of sp³-hybridized carbons (Fsp3) is 0.464. The SMILES string of the molecule is CCC(C)C(NC(=O)OC(C)(C)C)C(=O)N(CC)C(C(=O)Nc1ccccc1C)c1ccccc1O. The molecule has 0 saturated carbocycles. The second kappa shape index (κ2) is 12.4. The van der Waals surface area contributed by atoms with Gasteiger partial charge < -0.3 is 25.4 Å². The minimum Gasteiger partial charge on any atom is -0.508 e. The molecule has 0 aliphatic rings. The molecule has 36 heavy (non-hydrogen) atoms. The molecule has 0 aliphatic carbocycles. The number of carbonyl (C=O) groups excluding carboxylic acids is 3. The van der Waals surface area contributed by atoms with Crippen LogP contribution in [0.3, 0.4) is 0 Å². The van der Waals surface area contributed by atoms with E-state index in [1.807, 2.05) is 39.0 Å². The smallest absolute Gasteiger partial charge is 0.408 e. The summed E-state index contributed by atoms with van der Waals surface area (Å²) in [5.41, 5.74) is 1.03. The lowest BCUT2D eigenvalue weighted by molar-refractivity contribution is -0.141. The van der Waals surface area contributed by atoms with Crippen molar-refractivity contribution in [3.8, 4) is 5.75 Å². The van der Waals surface area contributed by atoms with Gasteiger partial charge in [0.1, 0.15) is 23.4 Å². The molecule has 3 amide bonds. The second-order valence-corrected chi connectivity index (χ2v) is 9.90. The number of aromatic hydroxyl groups is 1. The quantitative estimate of drug-likeness (QED) is 0.443. The lowest BCUT2D eigenvalue weighted by Gasteiger charge is -2.35. The molecule has 0 radical (unpaired) electrons. The van der Waals surface area contributed by atoms with E-state index in [0.29, 0.717) is 17.7 Å². The first kappa shape index (κ1) is 28.7. The van der Waals surface area contributed by atoms with Gasteiger partial charge in [0.2, 0.25) is 5.91 Å². The van der Waals surface area contributed by atoms with Crippen LogP contribution in [0.5, 0.6) is 5.75 Å². The molecular formula is C28H39N3O5. The van der Waals surface area contributed by atoms with E-state index in [4.69, 9.17) is 4.74 Å². The molecule has 2 aromatic rings. The highest BCUT2D eigenvalue weighted by atomic mass is 16.6. The van der Waals surface area contributed by atoms with E-state index in [0.717, 1.165) is 5.56 Å². The van der Waals surface area contributed by atoms with Crippen LogP contribution in [0.25, 0.3) is 0 Å². The van der Waals surface area contributed by atoms with Crippen LogP contribution in [0.2, 0.25) is 0 Å². The van der Waals surface area contributed by atoms with Gasteiger partial charge in [-0.15, -0.1) is 0 Å². The number of phenolic OH excluding ortho intramolecular Hbond substituents is 1. The number of amides is 3. The number of carbonyl (C=O) groups is 3. The highest BCUT2D eigenvalue weighted by Crippen LogP contribution is 2.31. The van der Waals surface area contributed by atoms with Gasteiger partial charge in [-0.25, -0.2) is 4.79 Å². The fourth-order valence-corrected chi connectivity index (χ4v) is 3.85. The highest BCUT2D eigenvalue weighted by Gasteiger charge is 2.38. The summed E-state index contributed by atoms with van der Waals surface area (Å²) in [6.45, 7) is 12.8. The van der Waals surface area contributed by atoms with Crippen LogP contribution >= 0.6 is 0 Å². The molecule has 0 aliphatic heterocycles. The molecule has 2 rings (SSSR count). The van der Waals surface area contributed by atoms with Crippen LogP contribution in [0.4, 0.5) is 10.5 Å². The number of hydrogen-bond acceptors (Lipinski definition) is 5. The maximum atomic E-state index is 13.9. The van der Waals surface area contributed by atoms with Gasteiger partial charge >= 0.3 is 6.09 Å². The zero-order valence-electron chi connectivity index (χ0n) is 22.3. The normalized spacial score (nSPS) is 13.8. The minimum atomic E-state index is -1.13. The summed E-state index contributed by atoms with van der Waals surface area (Å²) >= 11 is 0. The number of alkyl carbamates (subject to hydrolysis) is 1. The molecule has 3 N–H and O–H groups in total. The molecule has 8 nitrogen and oxygen atoms in total. The van der Waals surface area contributed by atoms with Crippen molar-refractivity contribution in [2.45, 2.75) is 72.6 Å². The number of likely N-dealkylation sites (N-methyl/N-ethyl adjacent to an activating group) is 1. The van der Waals surface area contributed by atoms with Crippen LogP contribution in [-0.2, 0) is 14.3 Å². The van der Waals surface area contributed by atoms with E-state index in [-0.39, 0.29) is 18.2 Å². The monoisotopic (exact) mass is 497 g/mol. The van der Waals surface area contributed by atoms with Gasteiger partial charge in [0.25, 0.3) is 5.91 Å². The molecule has 0 saturated heterocycles. The number of hydrogen-bond donors (Lipinski definition) is 3. The Morgan fingerprint density at radius 2 is 1.64 bits per heavy atom. The van der Waals surface area contributed by atoms with Crippen molar-refractivity contribution in [2.75, 3.05) is 11.9 Å². The number of anilines is 1. The van der Waals surface area contributed by atoms with Crippen LogP contribution in [0, 0.1) is 12.8 Å². The van der Waals surface area contributed by atoms with Crippen molar-refractivity contribution >= 4 is 23.6 Å². The molecule has 196 valence electrons. The predicted octanol–water partition coefficient (Wildman–Crippen LogP) is 5.17. The molecule has 0 aromatic heterocycles. The third kappa shape index (κ3) is 7.47. The van der Waals surface area contributed by atoms with Crippen molar-refractivity contribution < 1.29 is 24.2 Å². The van der Waals surface area contributed by atoms with E-state index in [9.17, 15) is 19.5 Å². The van der Waals surface area contributed by atoms with Gasteiger partial charge in [-0.3, -0.25) is 9.59 Å². The number of ether oxygens (including phenoxy) is 1. The predicted molar refractivity (Wildman–Crippen MR) is 141 cm³/mol. The van der Waals surface area contributed by atoms with E-state index in [2.05, 4.69) is 10.6 Å². The third-order valence-electron chi connectivity index (χ3n) is 5.97. The average molecular weight is 498 g/mol. The van der Waals surface area contributed by atoms with Crippen LogP contribution < -0.4 is 10.6 Å². The Kier molecular flexibility index (Phi) is 9.90. The molecule has 0 heterocycles. The molecule has 0 spiro atoms. The number of benzene rings is 2. The Labute approximate surface area is 214 Å². The first-order chi connectivity index (χ1) is 16.9. The first-order valence-corrected chi connectivity index (χ1v) is 12.3. The van der Waals surface area contributed by atoms with Crippen molar-refractivity contribution in [3.05, 3.63) is 59.7 Å². The second-order valence-electron chi connectivity index (χ2n) is 9.90. The summed E-state index contributed by atoms with van der Waals surface area (Å²) in [5.74, 6) is -1.25. The molecule has 3 unspecified atom stereocenters. The van der Waals surface area contributed by atoms with E-state index in [1.54, 1.807) is 52.0 Å². The van der Waals surface area contributed by atoms with E-state index in [1.165, 1.54) is 11.0 Å². The maximum absolute atomic E-state index is 13.9. The number of rotatable bonds is 9. The number of aryl methyl sites for hydroxylation is 1. The average Bonchev–Trinajstić information content (AvgIpc) is 2.81. The van der Waals surface area contributed by atoms with E-state index >= 15 is 0 Å². The van der Waals surface area contributed by atoms with Gasteiger partial charge in [-0.05, 0) is 58.2 Å². The molecule has 0 fully saturated rings. The zero-order valence-corrected chi connectivity index (χ0v) is 22.3. The molecule has 3 atom stereocenters. The van der Waals surface area contributed by atoms with Gasteiger partial charge in [0, 0.05) is 17.8 Å². The Morgan fingerprint density at radius 3 is 2.19 bits per heavy atom. The summed E-state index contributed by atoms with van der Waals surface area (Å²) < 4.78 is 5.39. The van der Waals surface area contributed by atoms with Crippen LogP contribution in [-0.4, -0.2) is 46.1 Å². The lowest BCUT2D eigenvalue weighted by Crippen LogP contribution is -2.54. The highest BCUT2D eigenvalue weighted by molar-refractivity contribution is 5.99. The maximum Gasteiger partial charge on any atom is 0.408 e. The van der Waals surface area contributed by atoms with Gasteiger partial charge in [0.15, 0.2) is 0 Å². The van der Waals surface area contributed by atoms with Gasteiger partial charge in [0.05, 0.1) is 0 Å². The zero-order chi connectivity index (χ0) is 27.0. The fourth-order valence-electron chi connectivity index (χ4n) is 3.85. The molecule has 8 heteroatoms. The Morgan fingerprint density at radius 1 is 1.03 bits per heavy atom. The minimum absolute atomic E-state index is 0.103. The van der Waals surface area contributed by atoms with Crippen molar-refractivity contribution in [1.82, 2.24) is 10.2 Å². The van der Waals surface area contributed by atoms with Crippen molar-refractivity contribution in [1.29, 1.82) is 0 Å². The first-order valence-electron chi connectivity index (χ1n) is 12.3. The number of para-hydroxylation sites is 2. The molecular weight excluding hydrogens is 458 g/mol. The summed E-state index contributed by atoms with van der Waals surface area (Å²) in [5, 5.41) is 16.3. The Balaban J connectivity index is 2.49. The topological polar surface area (TPSA) is 108 Å². The number of nitrogens with one attached hydrogen (secondary N) is 2. The molecule has 0 bridgehead atoms. The molecule has 2 aromatic carbocycles. The van der Waals surface area contributed by atoms with Gasteiger partial charge in [-0.2, -0.15) is 0 Å². The van der Waals surface area contributed by atoms with E-state index < -0.39 is 35.6 Å². The number of nitrogens with zero attached hydrogens (tertiary/aromatic N) is 1. The van der Waals surface area contributed by atoms with Gasteiger partial charge in [-0.1, -0.05) is 56.7 Å². The van der Waals surface area contributed by atoms with Crippen molar-refractivity contribution in [2.24, 2.45) is 5.92 Å².